The highest BCUT2D eigenvalue weighted by atomic mass is 16.5. The fourth-order valence-electron chi connectivity index (χ4n) is 4.41. The Morgan fingerprint density at radius 3 is 2.63 bits per heavy atom. The summed E-state index contributed by atoms with van der Waals surface area (Å²) in [5.41, 5.74) is 6.53. The standard InChI is InChI=1S/C19H23N5O3/c1-11(25)24-9-13-8-23(16-7-17(26)22-19(20)21-16)10-15(13)18(24)12-3-5-14(27-2)6-4-12/h3-7,13,15,18H,8-10H2,1-2H3,(H3,20,21,22,26)/t13-,15-,18+/m1/s1. The number of benzene rings is 1. The Morgan fingerprint density at radius 2 is 2.00 bits per heavy atom. The average molecular weight is 369 g/mol. The minimum atomic E-state index is -0.258. The van der Waals surface area contributed by atoms with Crippen LogP contribution in [0.1, 0.15) is 18.5 Å². The zero-order valence-electron chi connectivity index (χ0n) is 15.4. The summed E-state index contributed by atoms with van der Waals surface area (Å²) in [7, 11) is 1.64. The quantitative estimate of drug-likeness (QED) is 0.837. The molecule has 0 bridgehead atoms. The van der Waals surface area contributed by atoms with Crippen molar-refractivity contribution in [3.8, 4) is 5.75 Å². The Labute approximate surface area is 156 Å². The fourth-order valence-corrected chi connectivity index (χ4v) is 4.41. The van der Waals surface area contributed by atoms with Crippen LogP contribution < -0.4 is 20.9 Å². The number of nitrogens with zero attached hydrogens (tertiary/aromatic N) is 3. The number of hydrogen-bond donors (Lipinski definition) is 2. The van der Waals surface area contributed by atoms with E-state index in [1.54, 1.807) is 14.0 Å². The molecule has 3 N–H and O–H groups in total. The lowest BCUT2D eigenvalue weighted by Gasteiger charge is -2.29. The minimum Gasteiger partial charge on any atom is -0.497 e. The van der Waals surface area contributed by atoms with Gasteiger partial charge < -0.3 is 20.3 Å². The molecule has 0 spiro atoms. The third-order valence-corrected chi connectivity index (χ3v) is 5.60. The largest absolute Gasteiger partial charge is 0.497 e. The second-order valence-corrected chi connectivity index (χ2v) is 7.21. The van der Waals surface area contributed by atoms with Crippen LogP contribution in [0.5, 0.6) is 5.75 Å². The van der Waals surface area contributed by atoms with Gasteiger partial charge in [0.1, 0.15) is 11.6 Å². The molecule has 0 saturated carbocycles. The van der Waals surface area contributed by atoms with Crippen LogP contribution >= 0.6 is 0 Å². The van der Waals surface area contributed by atoms with Gasteiger partial charge in [-0.05, 0) is 17.7 Å². The molecule has 4 rings (SSSR count). The van der Waals surface area contributed by atoms with Crippen molar-refractivity contribution in [1.82, 2.24) is 14.9 Å². The van der Waals surface area contributed by atoms with Crippen molar-refractivity contribution in [3.63, 3.8) is 0 Å². The van der Waals surface area contributed by atoms with Crippen LogP contribution in [0, 0.1) is 11.8 Å². The van der Waals surface area contributed by atoms with Gasteiger partial charge in [0.15, 0.2) is 0 Å². The predicted octanol–water partition coefficient (Wildman–Crippen LogP) is 1.02. The third-order valence-electron chi connectivity index (χ3n) is 5.60. The molecular weight excluding hydrogens is 346 g/mol. The molecule has 142 valence electrons. The SMILES string of the molecule is COc1ccc([C@H]2[C@@H]3CN(c4cc(=O)[nH]c(N)n4)C[C@@H]3CN2C(C)=O)cc1. The normalized spacial score (nSPS) is 24.1. The maximum absolute atomic E-state index is 12.2. The van der Waals surface area contributed by atoms with Crippen molar-refractivity contribution in [3.05, 3.63) is 46.2 Å². The molecule has 3 heterocycles. The molecule has 27 heavy (non-hydrogen) atoms. The Bertz CT molecular complexity index is 910. The number of aromatic amines is 1. The molecule has 1 amide bonds. The maximum atomic E-state index is 12.2. The number of nitrogens with one attached hydrogen (secondary N) is 1. The second-order valence-electron chi connectivity index (χ2n) is 7.21. The number of nitrogen functional groups attached to an aromatic ring is 1. The number of amides is 1. The van der Waals surface area contributed by atoms with Crippen LogP contribution in [-0.2, 0) is 4.79 Å². The van der Waals surface area contributed by atoms with E-state index in [1.165, 1.54) is 6.07 Å². The first-order valence-corrected chi connectivity index (χ1v) is 8.99. The number of aromatic nitrogens is 2. The van der Waals surface area contributed by atoms with Crippen LogP contribution in [-0.4, -0.2) is 47.5 Å². The van der Waals surface area contributed by atoms with Gasteiger partial charge in [-0.2, -0.15) is 4.98 Å². The lowest BCUT2D eigenvalue weighted by molar-refractivity contribution is -0.130. The molecule has 2 aliphatic rings. The van der Waals surface area contributed by atoms with Crippen LogP contribution in [0.3, 0.4) is 0 Å². The van der Waals surface area contributed by atoms with Crippen molar-refractivity contribution >= 4 is 17.7 Å². The van der Waals surface area contributed by atoms with E-state index in [0.29, 0.717) is 18.3 Å². The van der Waals surface area contributed by atoms with Crippen molar-refractivity contribution < 1.29 is 9.53 Å². The third kappa shape index (κ3) is 3.11. The molecule has 2 saturated heterocycles. The molecule has 8 nitrogen and oxygen atoms in total. The molecule has 1 aromatic carbocycles. The lowest BCUT2D eigenvalue weighted by Crippen LogP contribution is -2.34. The minimum absolute atomic E-state index is 0.00255. The highest BCUT2D eigenvalue weighted by molar-refractivity contribution is 5.74. The smallest absolute Gasteiger partial charge is 0.254 e. The average Bonchev–Trinajstić information content (AvgIpc) is 3.19. The number of fused-ring (bicyclic) bond motifs is 1. The van der Waals surface area contributed by atoms with Gasteiger partial charge in [-0.15, -0.1) is 0 Å². The molecule has 0 radical (unpaired) electrons. The molecule has 2 aromatic rings. The van der Waals surface area contributed by atoms with Gasteiger partial charge in [0.2, 0.25) is 11.9 Å². The molecule has 2 aliphatic heterocycles. The molecular formula is C19H23N5O3. The zero-order valence-corrected chi connectivity index (χ0v) is 15.4. The topological polar surface area (TPSA) is 105 Å². The Balaban J connectivity index is 1.63. The number of hydrogen-bond acceptors (Lipinski definition) is 6. The van der Waals surface area contributed by atoms with Gasteiger partial charge in [0.05, 0.1) is 13.2 Å². The molecule has 2 fully saturated rings. The summed E-state index contributed by atoms with van der Waals surface area (Å²) >= 11 is 0. The van der Waals surface area contributed by atoms with Crippen molar-refractivity contribution in [2.45, 2.75) is 13.0 Å². The van der Waals surface area contributed by atoms with E-state index >= 15 is 0 Å². The summed E-state index contributed by atoms with van der Waals surface area (Å²) in [6, 6.07) is 9.37. The van der Waals surface area contributed by atoms with Gasteiger partial charge in [-0.3, -0.25) is 14.6 Å². The van der Waals surface area contributed by atoms with Gasteiger partial charge in [0, 0.05) is 44.5 Å². The van der Waals surface area contributed by atoms with Gasteiger partial charge in [-0.1, -0.05) is 12.1 Å². The van der Waals surface area contributed by atoms with Crippen molar-refractivity contribution in [2.24, 2.45) is 11.8 Å². The summed E-state index contributed by atoms with van der Waals surface area (Å²) in [4.78, 5) is 34.8. The molecule has 0 unspecified atom stereocenters. The Hall–Kier alpha value is -3.03. The monoisotopic (exact) mass is 369 g/mol. The summed E-state index contributed by atoms with van der Waals surface area (Å²) in [6.07, 6.45) is 0. The summed E-state index contributed by atoms with van der Waals surface area (Å²) in [5.74, 6) is 2.17. The predicted molar refractivity (Wildman–Crippen MR) is 102 cm³/mol. The first-order chi connectivity index (χ1) is 13.0. The highest BCUT2D eigenvalue weighted by Gasteiger charge is 2.48. The number of methoxy groups -OCH3 is 1. The van der Waals surface area contributed by atoms with E-state index in [-0.39, 0.29) is 29.4 Å². The summed E-state index contributed by atoms with van der Waals surface area (Å²) in [5, 5.41) is 0. The fraction of sp³-hybridized carbons (Fsp3) is 0.421. The van der Waals surface area contributed by atoms with E-state index in [2.05, 4.69) is 14.9 Å². The number of H-pyrrole nitrogens is 1. The Kier molecular flexibility index (Phi) is 4.25. The second kappa shape index (κ2) is 6.61. The number of ether oxygens (including phenoxy) is 1. The van der Waals surface area contributed by atoms with Crippen LogP contribution in [0.15, 0.2) is 35.1 Å². The van der Waals surface area contributed by atoms with E-state index in [1.807, 2.05) is 29.2 Å². The van der Waals surface area contributed by atoms with Gasteiger partial charge in [0.25, 0.3) is 5.56 Å². The highest BCUT2D eigenvalue weighted by Crippen LogP contribution is 2.45. The summed E-state index contributed by atoms with van der Waals surface area (Å²) < 4.78 is 5.25. The number of anilines is 2. The molecule has 1 aromatic heterocycles. The molecule has 3 atom stereocenters. The maximum Gasteiger partial charge on any atom is 0.254 e. The van der Waals surface area contributed by atoms with Crippen LogP contribution in [0.4, 0.5) is 11.8 Å². The van der Waals surface area contributed by atoms with Gasteiger partial charge >= 0.3 is 0 Å². The zero-order chi connectivity index (χ0) is 19.1. The number of carbonyl (C=O) groups is 1. The summed E-state index contributed by atoms with van der Waals surface area (Å²) in [6.45, 7) is 3.79. The molecule has 8 heteroatoms. The molecule has 0 aliphatic carbocycles. The number of rotatable bonds is 3. The first-order valence-electron chi connectivity index (χ1n) is 8.99. The van der Waals surface area contributed by atoms with E-state index in [0.717, 1.165) is 24.4 Å². The van der Waals surface area contributed by atoms with Crippen LogP contribution in [0.25, 0.3) is 0 Å². The first kappa shape index (κ1) is 17.4. The van der Waals surface area contributed by atoms with Crippen LogP contribution in [0.2, 0.25) is 0 Å². The van der Waals surface area contributed by atoms with E-state index in [9.17, 15) is 9.59 Å². The van der Waals surface area contributed by atoms with Gasteiger partial charge in [-0.25, -0.2) is 0 Å². The number of nitrogens with two attached hydrogens (primary N) is 1. The Morgan fingerprint density at radius 1 is 1.26 bits per heavy atom. The van der Waals surface area contributed by atoms with Crippen molar-refractivity contribution in [2.75, 3.05) is 37.4 Å². The lowest BCUT2D eigenvalue weighted by atomic mass is 9.89. The number of likely N-dealkylation sites (tertiary alicyclic amines) is 1. The van der Waals surface area contributed by atoms with Crippen molar-refractivity contribution in [1.29, 1.82) is 0 Å². The number of carbonyl (C=O) groups excluding carboxylic acids is 1. The van der Waals surface area contributed by atoms with E-state index in [4.69, 9.17) is 10.5 Å². The van der Waals surface area contributed by atoms with E-state index < -0.39 is 0 Å².